The van der Waals surface area contributed by atoms with E-state index in [4.69, 9.17) is 9.15 Å². The van der Waals surface area contributed by atoms with Crippen molar-refractivity contribution in [2.45, 2.75) is 38.2 Å². The van der Waals surface area contributed by atoms with Gasteiger partial charge < -0.3 is 14.5 Å². The fourth-order valence-electron chi connectivity index (χ4n) is 2.17. The van der Waals surface area contributed by atoms with E-state index in [-0.39, 0.29) is 18.0 Å². The summed E-state index contributed by atoms with van der Waals surface area (Å²) in [4.78, 5) is 15.8. The molecule has 2 aromatic rings. The van der Waals surface area contributed by atoms with Gasteiger partial charge in [0.25, 0.3) is 0 Å². The predicted molar refractivity (Wildman–Crippen MR) is 105 cm³/mol. The Balaban J connectivity index is 1.82. The van der Waals surface area contributed by atoms with Gasteiger partial charge in [-0.15, -0.1) is 0 Å². The number of oxazole rings is 1. The minimum Gasteiger partial charge on any atom is -0.449 e. The first kappa shape index (κ1) is 21.6. The first-order valence-electron chi connectivity index (χ1n) is 8.71. The molecule has 8 nitrogen and oxygen atoms in total. The van der Waals surface area contributed by atoms with Gasteiger partial charge in [0.1, 0.15) is 17.6 Å². The number of nitrogens with zero attached hydrogens (tertiary/aromatic N) is 1. The fraction of sp³-hybridized carbons (Fsp3) is 0.368. The van der Waals surface area contributed by atoms with E-state index < -0.39 is 21.7 Å². The van der Waals surface area contributed by atoms with Gasteiger partial charge in [0.15, 0.2) is 5.89 Å². The molecule has 1 amide bonds. The number of alkyl carbamates (subject to hydrolysis) is 1. The number of carbonyl (C=O) groups is 1. The van der Waals surface area contributed by atoms with Gasteiger partial charge in [0.2, 0.25) is 10.0 Å². The smallest absolute Gasteiger partial charge is 0.407 e. The third-order valence-corrected chi connectivity index (χ3v) is 4.84. The summed E-state index contributed by atoms with van der Waals surface area (Å²) in [6.45, 7) is 7.40. The molecule has 1 heterocycles. The summed E-state index contributed by atoms with van der Waals surface area (Å²) in [7, 11) is -3.64. The lowest BCUT2D eigenvalue weighted by molar-refractivity contribution is 0.0534. The van der Waals surface area contributed by atoms with Crippen molar-refractivity contribution < 1.29 is 22.4 Å². The van der Waals surface area contributed by atoms with Crippen LogP contribution in [0.1, 0.15) is 26.7 Å². The van der Waals surface area contributed by atoms with Crippen LogP contribution in [0, 0.1) is 6.92 Å². The Morgan fingerprint density at radius 1 is 1.18 bits per heavy atom. The Labute approximate surface area is 165 Å². The topological polar surface area (TPSA) is 111 Å². The molecule has 0 unspecified atom stereocenters. The highest BCUT2D eigenvalue weighted by atomic mass is 32.2. The SMILES string of the molecule is Cc1nc(-c2ccc(S(=O)(=O)NC/C=C/CNC(=O)OC(C)(C)C)cc2)co1. The lowest BCUT2D eigenvalue weighted by Gasteiger charge is -2.19. The number of sulfonamides is 1. The number of aromatic nitrogens is 1. The summed E-state index contributed by atoms with van der Waals surface area (Å²) in [5, 5.41) is 2.55. The molecule has 0 radical (unpaired) electrons. The van der Waals surface area contributed by atoms with Crippen LogP contribution in [0.3, 0.4) is 0 Å². The number of ether oxygens (including phenoxy) is 1. The molecule has 2 rings (SSSR count). The maximum atomic E-state index is 12.3. The Hall–Kier alpha value is -2.65. The number of carbonyl (C=O) groups excluding carboxylic acids is 1. The highest BCUT2D eigenvalue weighted by Crippen LogP contribution is 2.20. The average molecular weight is 407 g/mol. The van der Waals surface area contributed by atoms with Gasteiger partial charge in [-0.3, -0.25) is 0 Å². The molecule has 0 saturated carbocycles. The molecule has 0 atom stereocenters. The van der Waals surface area contributed by atoms with Crippen LogP contribution >= 0.6 is 0 Å². The molecule has 0 spiro atoms. The van der Waals surface area contributed by atoms with Gasteiger partial charge >= 0.3 is 6.09 Å². The molecule has 1 aromatic carbocycles. The third kappa shape index (κ3) is 6.82. The van der Waals surface area contributed by atoms with Crippen molar-refractivity contribution >= 4 is 16.1 Å². The maximum absolute atomic E-state index is 12.3. The van der Waals surface area contributed by atoms with Gasteiger partial charge in [0.05, 0.1) is 4.90 Å². The van der Waals surface area contributed by atoms with Gasteiger partial charge in [-0.2, -0.15) is 0 Å². The van der Waals surface area contributed by atoms with Crippen LogP contribution in [0.25, 0.3) is 11.3 Å². The molecule has 0 aliphatic heterocycles. The normalized spacial score (nSPS) is 12.3. The molecule has 1 aromatic heterocycles. The van der Waals surface area contributed by atoms with E-state index in [9.17, 15) is 13.2 Å². The van der Waals surface area contributed by atoms with Crippen LogP contribution in [0.2, 0.25) is 0 Å². The molecular formula is C19H25N3O5S. The van der Waals surface area contributed by atoms with Gasteiger partial charge in [-0.25, -0.2) is 22.9 Å². The third-order valence-electron chi connectivity index (χ3n) is 3.40. The number of rotatable bonds is 7. The summed E-state index contributed by atoms with van der Waals surface area (Å²) >= 11 is 0. The van der Waals surface area contributed by atoms with E-state index >= 15 is 0 Å². The monoisotopic (exact) mass is 407 g/mol. The number of hydrogen-bond acceptors (Lipinski definition) is 6. The van der Waals surface area contributed by atoms with E-state index in [2.05, 4.69) is 15.0 Å². The fourth-order valence-corrected chi connectivity index (χ4v) is 3.14. The summed E-state index contributed by atoms with van der Waals surface area (Å²) in [6, 6.07) is 6.36. The lowest BCUT2D eigenvalue weighted by atomic mass is 10.2. The van der Waals surface area contributed by atoms with Crippen molar-refractivity contribution in [2.75, 3.05) is 13.1 Å². The molecule has 0 saturated heterocycles. The minimum absolute atomic E-state index is 0.0998. The average Bonchev–Trinajstić information content (AvgIpc) is 3.03. The summed E-state index contributed by atoms with van der Waals surface area (Å²) in [6.07, 6.45) is 4.25. The number of amides is 1. The zero-order valence-electron chi connectivity index (χ0n) is 16.4. The highest BCUT2D eigenvalue weighted by molar-refractivity contribution is 7.89. The van der Waals surface area contributed by atoms with Crippen LogP contribution in [-0.4, -0.2) is 38.2 Å². The number of aryl methyl sites for hydroxylation is 1. The Morgan fingerprint density at radius 3 is 2.39 bits per heavy atom. The van der Waals surface area contributed by atoms with Crippen molar-refractivity contribution in [3.8, 4) is 11.3 Å². The van der Waals surface area contributed by atoms with Crippen LogP contribution in [0.15, 0.2) is 52.0 Å². The van der Waals surface area contributed by atoms with Crippen molar-refractivity contribution in [3.05, 3.63) is 48.6 Å². The summed E-state index contributed by atoms with van der Waals surface area (Å²) < 4.78 is 37.3. The molecule has 2 N–H and O–H groups in total. The zero-order chi connectivity index (χ0) is 20.8. The molecule has 0 aliphatic rings. The lowest BCUT2D eigenvalue weighted by Crippen LogP contribution is -2.32. The number of nitrogens with one attached hydrogen (secondary N) is 2. The van der Waals surface area contributed by atoms with Crippen LogP contribution in [-0.2, 0) is 14.8 Å². The highest BCUT2D eigenvalue weighted by Gasteiger charge is 2.15. The van der Waals surface area contributed by atoms with E-state index in [0.717, 1.165) is 5.56 Å². The second-order valence-corrected chi connectivity index (χ2v) is 8.75. The quantitative estimate of drug-likeness (QED) is 0.683. The molecular weight excluding hydrogens is 382 g/mol. The van der Waals surface area contributed by atoms with Crippen molar-refractivity contribution in [1.29, 1.82) is 0 Å². The maximum Gasteiger partial charge on any atom is 0.407 e. The van der Waals surface area contributed by atoms with E-state index in [0.29, 0.717) is 11.6 Å². The van der Waals surface area contributed by atoms with E-state index in [1.807, 2.05) is 0 Å². The van der Waals surface area contributed by atoms with Crippen molar-refractivity contribution in [2.24, 2.45) is 0 Å². The zero-order valence-corrected chi connectivity index (χ0v) is 17.2. The second-order valence-electron chi connectivity index (χ2n) is 6.98. The number of hydrogen-bond donors (Lipinski definition) is 2. The van der Waals surface area contributed by atoms with Crippen LogP contribution in [0.5, 0.6) is 0 Å². The first-order valence-corrected chi connectivity index (χ1v) is 10.2. The standard InChI is InChI=1S/C19H25N3O5S/c1-14-22-17(13-26-14)15-7-9-16(10-8-15)28(24,25)21-12-6-5-11-20-18(23)27-19(2,3)4/h5-10,13,21H,11-12H2,1-4H3,(H,20,23)/b6-5+. The summed E-state index contributed by atoms with van der Waals surface area (Å²) in [5.41, 5.74) is 0.851. The van der Waals surface area contributed by atoms with Crippen LogP contribution in [0.4, 0.5) is 4.79 Å². The minimum atomic E-state index is -3.64. The largest absolute Gasteiger partial charge is 0.449 e. The Morgan fingerprint density at radius 2 is 1.82 bits per heavy atom. The molecule has 0 bridgehead atoms. The Kier molecular flexibility index (Phi) is 6.98. The second kappa shape index (κ2) is 9.03. The molecule has 0 fully saturated rings. The van der Waals surface area contributed by atoms with Crippen LogP contribution < -0.4 is 10.0 Å². The van der Waals surface area contributed by atoms with E-state index in [1.165, 1.54) is 18.4 Å². The summed E-state index contributed by atoms with van der Waals surface area (Å²) in [5.74, 6) is 0.543. The molecule has 152 valence electrons. The molecule has 0 aliphatic carbocycles. The first-order chi connectivity index (χ1) is 13.1. The predicted octanol–water partition coefficient (Wildman–Crippen LogP) is 3.01. The van der Waals surface area contributed by atoms with Gasteiger partial charge in [0, 0.05) is 25.6 Å². The van der Waals surface area contributed by atoms with E-state index in [1.54, 1.807) is 52.0 Å². The molecule has 9 heteroatoms. The van der Waals surface area contributed by atoms with Gasteiger partial charge in [-0.1, -0.05) is 24.3 Å². The Bertz CT molecular complexity index is 925. The molecule has 28 heavy (non-hydrogen) atoms. The van der Waals surface area contributed by atoms with Gasteiger partial charge in [-0.05, 0) is 32.9 Å². The van der Waals surface area contributed by atoms with Crippen molar-refractivity contribution in [1.82, 2.24) is 15.0 Å². The van der Waals surface area contributed by atoms with Crippen molar-refractivity contribution in [3.63, 3.8) is 0 Å². The number of benzene rings is 1.